The third-order valence-electron chi connectivity index (χ3n) is 4.30. The van der Waals surface area contributed by atoms with Crippen LogP contribution in [0.3, 0.4) is 0 Å². The zero-order valence-electron chi connectivity index (χ0n) is 14.0. The van der Waals surface area contributed by atoms with Crippen LogP contribution in [0.1, 0.15) is 11.4 Å². The van der Waals surface area contributed by atoms with E-state index in [4.69, 9.17) is 0 Å². The van der Waals surface area contributed by atoms with E-state index in [1.165, 1.54) is 0 Å². The Labute approximate surface area is 153 Å². The van der Waals surface area contributed by atoms with Gasteiger partial charge in [-0.05, 0) is 40.6 Å². The largest absolute Gasteiger partial charge is 0.311 e. The van der Waals surface area contributed by atoms with Crippen molar-refractivity contribution in [3.8, 4) is 5.69 Å². The predicted molar refractivity (Wildman–Crippen MR) is 98.4 cm³/mol. The maximum Gasteiger partial charge on any atom is 0.239 e. The third-order valence-corrected chi connectivity index (χ3v) is 5.45. The fraction of sp³-hybridized carbons (Fsp3) is 0.222. The molecule has 0 radical (unpaired) electrons. The quantitative estimate of drug-likeness (QED) is 0.683. The van der Waals surface area contributed by atoms with E-state index in [-0.39, 0.29) is 17.4 Å². The minimum absolute atomic E-state index is 0.0457. The topological polar surface area (TPSA) is 81.0 Å². The number of hydrogen-bond donors (Lipinski definition) is 0. The van der Waals surface area contributed by atoms with Crippen molar-refractivity contribution in [3.63, 3.8) is 0 Å². The number of fused-ring (bicyclic) bond motifs is 1. The van der Waals surface area contributed by atoms with Crippen LogP contribution in [0.15, 0.2) is 54.6 Å². The zero-order chi connectivity index (χ0) is 17.9. The van der Waals surface area contributed by atoms with Crippen molar-refractivity contribution in [1.29, 1.82) is 0 Å². The monoisotopic (exact) mass is 367 g/mol. The predicted octanol–water partition coefficient (Wildman–Crippen LogP) is 1.50. The van der Waals surface area contributed by atoms with Gasteiger partial charge in [-0.2, -0.15) is 4.68 Å². The van der Waals surface area contributed by atoms with E-state index in [1.807, 2.05) is 54.6 Å². The van der Waals surface area contributed by atoms with Crippen molar-refractivity contribution >= 4 is 22.4 Å². The summed E-state index contributed by atoms with van der Waals surface area (Å²) in [6.45, 7) is 0.636. The molecule has 1 atom stereocenters. The highest BCUT2D eigenvalue weighted by atomic mass is 32.2. The molecule has 1 aliphatic heterocycles. The Balaban J connectivity index is 1.44. The summed E-state index contributed by atoms with van der Waals surface area (Å²) in [7, 11) is -1.39. The van der Waals surface area contributed by atoms with Crippen LogP contribution in [0.2, 0.25) is 0 Å². The average Bonchev–Trinajstić information content (AvgIpc) is 3.29. The molecule has 0 N–H and O–H groups in total. The maximum absolute atomic E-state index is 12.6. The molecule has 0 aliphatic carbocycles. The molecule has 1 amide bonds. The van der Waals surface area contributed by atoms with E-state index in [0.29, 0.717) is 12.4 Å². The lowest BCUT2D eigenvalue weighted by atomic mass is 10.2. The number of rotatable bonds is 5. The van der Waals surface area contributed by atoms with E-state index in [2.05, 4.69) is 15.5 Å². The molecule has 2 heterocycles. The van der Waals surface area contributed by atoms with Gasteiger partial charge in [0.2, 0.25) is 5.91 Å². The van der Waals surface area contributed by atoms with Gasteiger partial charge in [0, 0.05) is 23.0 Å². The first-order valence-electron chi connectivity index (χ1n) is 8.28. The second-order valence-corrected chi connectivity index (χ2v) is 7.45. The normalized spacial score (nSPS) is 14.2. The molecule has 7 nitrogen and oxygen atoms in total. The third kappa shape index (κ3) is 3.28. The first-order valence-corrected chi connectivity index (χ1v) is 9.77. The molecule has 0 saturated heterocycles. The maximum atomic E-state index is 12.6. The Morgan fingerprint density at radius 1 is 1.08 bits per heavy atom. The highest BCUT2D eigenvalue weighted by molar-refractivity contribution is 7.84. The summed E-state index contributed by atoms with van der Waals surface area (Å²) in [6, 6.07) is 17.2. The Morgan fingerprint density at radius 3 is 2.69 bits per heavy atom. The van der Waals surface area contributed by atoms with Crippen LogP contribution in [0.25, 0.3) is 5.69 Å². The summed E-state index contributed by atoms with van der Waals surface area (Å²) in [5, 5.41) is 11.6. The van der Waals surface area contributed by atoms with Crippen molar-refractivity contribution in [2.24, 2.45) is 0 Å². The number of benzene rings is 2. The number of tetrazole rings is 1. The second-order valence-electron chi connectivity index (χ2n) is 6.00. The van der Waals surface area contributed by atoms with Crippen molar-refractivity contribution < 1.29 is 9.00 Å². The number of amides is 1. The molecule has 26 heavy (non-hydrogen) atoms. The van der Waals surface area contributed by atoms with Crippen molar-refractivity contribution in [1.82, 2.24) is 20.2 Å². The van der Waals surface area contributed by atoms with Crippen LogP contribution in [0.4, 0.5) is 5.69 Å². The van der Waals surface area contributed by atoms with Crippen LogP contribution >= 0.6 is 0 Å². The molecule has 4 rings (SSSR count). The Morgan fingerprint density at radius 2 is 1.85 bits per heavy atom. The van der Waals surface area contributed by atoms with E-state index in [0.717, 1.165) is 23.4 Å². The van der Waals surface area contributed by atoms with Gasteiger partial charge in [-0.15, -0.1) is 5.10 Å². The lowest BCUT2D eigenvalue weighted by Gasteiger charge is -2.16. The van der Waals surface area contributed by atoms with Gasteiger partial charge < -0.3 is 4.90 Å². The number of aromatic nitrogens is 4. The van der Waals surface area contributed by atoms with Gasteiger partial charge in [0.15, 0.2) is 5.82 Å². The summed E-state index contributed by atoms with van der Waals surface area (Å²) >= 11 is 0. The summed E-state index contributed by atoms with van der Waals surface area (Å²) in [4.78, 5) is 14.3. The highest BCUT2D eigenvalue weighted by Crippen LogP contribution is 2.27. The fourth-order valence-electron chi connectivity index (χ4n) is 3.07. The van der Waals surface area contributed by atoms with Gasteiger partial charge in [-0.25, -0.2) is 0 Å². The Bertz CT molecular complexity index is 957. The summed E-state index contributed by atoms with van der Waals surface area (Å²) in [5.41, 5.74) is 2.87. The fourth-order valence-corrected chi connectivity index (χ4v) is 4.07. The van der Waals surface area contributed by atoms with Crippen molar-refractivity contribution in [2.45, 2.75) is 12.2 Å². The molecular formula is C18H17N5O2S. The number of hydrogen-bond acceptors (Lipinski definition) is 5. The molecule has 8 heteroatoms. The molecular weight excluding hydrogens is 350 g/mol. The molecule has 0 unspecified atom stereocenters. The van der Waals surface area contributed by atoms with Crippen LogP contribution < -0.4 is 4.90 Å². The molecule has 3 aromatic rings. The summed E-state index contributed by atoms with van der Waals surface area (Å²) in [6.07, 6.45) is 0.834. The summed E-state index contributed by atoms with van der Waals surface area (Å²) in [5.74, 6) is 0.426. The standard InChI is InChI=1S/C18H17N5O2S/c24-18(22-11-10-14-6-4-5-9-16(14)22)13-26(25)12-17-19-20-21-23(17)15-7-2-1-3-8-15/h1-9H,10-13H2/t26-/m0/s1. The minimum Gasteiger partial charge on any atom is -0.311 e. The first-order chi connectivity index (χ1) is 12.7. The average molecular weight is 367 g/mol. The number of carbonyl (C=O) groups is 1. The van der Waals surface area contributed by atoms with Gasteiger partial charge in [0.25, 0.3) is 0 Å². The number of carbonyl (C=O) groups excluding carboxylic acids is 1. The van der Waals surface area contributed by atoms with Crippen LogP contribution in [0.5, 0.6) is 0 Å². The van der Waals surface area contributed by atoms with E-state index in [1.54, 1.807) is 9.58 Å². The first kappa shape index (κ1) is 16.6. The molecule has 0 saturated carbocycles. The van der Waals surface area contributed by atoms with E-state index < -0.39 is 10.8 Å². The highest BCUT2D eigenvalue weighted by Gasteiger charge is 2.25. The second kappa shape index (κ2) is 7.17. The molecule has 1 aromatic heterocycles. The molecule has 2 aromatic carbocycles. The molecule has 0 spiro atoms. The van der Waals surface area contributed by atoms with Crippen LogP contribution in [-0.4, -0.2) is 42.6 Å². The van der Waals surface area contributed by atoms with Gasteiger partial charge in [-0.3, -0.25) is 9.00 Å². The smallest absolute Gasteiger partial charge is 0.239 e. The molecule has 1 aliphatic rings. The van der Waals surface area contributed by atoms with Gasteiger partial charge in [0.1, 0.15) is 5.75 Å². The zero-order valence-corrected chi connectivity index (χ0v) is 14.8. The SMILES string of the molecule is O=C(C[S@@](=O)Cc1nnnn1-c1ccccc1)N1CCc2ccccc21. The van der Waals surface area contributed by atoms with Gasteiger partial charge >= 0.3 is 0 Å². The lowest BCUT2D eigenvalue weighted by Crippen LogP contribution is -2.33. The van der Waals surface area contributed by atoms with E-state index in [9.17, 15) is 9.00 Å². The van der Waals surface area contributed by atoms with Crippen LogP contribution in [-0.2, 0) is 27.8 Å². The van der Waals surface area contributed by atoms with Gasteiger partial charge in [0.05, 0.1) is 11.4 Å². The minimum atomic E-state index is -1.39. The Hall–Kier alpha value is -2.87. The molecule has 0 bridgehead atoms. The molecule has 132 valence electrons. The lowest BCUT2D eigenvalue weighted by molar-refractivity contribution is -0.116. The van der Waals surface area contributed by atoms with Gasteiger partial charge in [-0.1, -0.05) is 36.4 Å². The molecule has 0 fully saturated rings. The number of anilines is 1. The van der Waals surface area contributed by atoms with E-state index >= 15 is 0 Å². The summed E-state index contributed by atoms with van der Waals surface area (Å²) < 4.78 is 14.1. The van der Waals surface area contributed by atoms with Crippen LogP contribution in [0, 0.1) is 0 Å². The number of nitrogens with zero attached hydrogens (tertiary/aromatic N) is 5. The number of para-hydroxylation sites is 2. The Kier molecular flexibility index (Phi) is 4.57. The van der Waals surface area contributed by atoms with Crippen molar-refractivity contribution in [3.05, 3.63) is 66.0 Å². The van der Waals surface area contributed by atoms with Crippen molar-refractivity contribution in [2.75, 3.05) is 17.2 Å².